The first-order chi connectivity index (χ1) is 14.0. The molecule has 0 fully saturated rings. The number of nitrogens with one attached hydrogen (secondary N) is 1. The van der Waals surface area contributed by atoms with Gasteiger partial charge in [-0.1, -0.05) is 18.2 Å². The van der Waals surface area contributed by atoms with Crippen LogP contribution in [0.3, 0.4) is 0 Å². The van der Waals surface area contributed by atoms with Gasteiger partial charge in [-0.2, -0.15) is 5.26 Å². The zero-order valence-electron chi connectivity index (χ0n) is 15.3. The maximum Gasteiger partial charge on any atom is 0.341 e. The molecule has 0 aliphatic rings. The first kappa shape index (κ1) is 20.5. The molecular weight excluding hydrogens is 411 g/mol. The molecule has 0 unspecified atom stereocenters. The maximum absolute atomic E-state index is 13.3. The minimum atomic E-state index is -0.626. The van der Waals surface area contributed by atoms with Gasteiger partial charge in [-0.05, 0) is 42.1 Å². The lowest BCUT2D eigenvalue weighted by Gasteiger charge is -2.08. The number of rotatable bonds is 6. The van der Waals surface area contributed by atoms with E-state index in [9.17, 15) is 19.2 Å². The molecule has 1 amide bonds. The Kier molecular flexibility index (Phi) is 6.54. The Morgan fingerprint density at radius 2 is 2.00 bits per heavy atom. The van der Waals surface area contributed by atoms with E-state index in [1.54, 1.807) is 30.5 Å². The Labute approximate surface area is 174 Å². The maximum atomic E-state index is 13.3. The van der Waals surface area contributed by atoms with Gasteiger partial charge in [-0.25, -0.2) is 9.18 Å². The molecule has 8 heteroatoms. The molecule has 2 heterocycles. The van der Waals surface area contributed by atoms with Crippen LogP contribution in [0.1, 0.15) is 22.2 Å². The molecule has 0 aliphatic heterocycles. The highest BCUT2D eigenvalue weighted by Gasteiger charge is 2.23. The van der Waals surface area contributed by atoms with Crippen LogP contribution in [0.5, 0.6) is 0 Å². The number of carbonyl (C=O) groups is 2. The number of hydrogen-bond donors (Lipinski definition) is 1. The van der Waals surface area contributed by atoms with Gasteiger partial charge in [0.2, 0.25) is 0 Å². The summed E-state index contributed by atoms with van der Waals surface area (Å²) < 4.78 is 18.4. The van der Waals surface area contributed by atoms with E-state index >= 15 is 0 Å². The second kappa shape index (κ2) is 9.28. The smallest absolute Gasteiger partial charge is 0.341 e. The number of carbonyl (C=O) groups excluding carboxylic acids is 2. The fourth-order valence-electron chi connectivity index (χ4n) is 2.53. The van der Waals surface area contributed by atoms with E-state index in [1.807, 2.05) is 17.5 Å². The molecule has 3 rings (SSSR count). The van der Waals surface area contributed by atoms with Crippen LogP contribution in [-0.4, -0.2) is 18.5 Å². The highest BCUT2D eigenvalue weighted by molar-refractivity contribution is 7.15. The Balaban J connectivity index is 1.96. The molecule has 0 aliphatic carbocycles. The summed E-state index contributed by atoms with van der Waals surface area (Å²) in [6, 6.07) is 11.2. The Hall–Kier alpha value is -3.28. The van der Waals surface area contributed by atoms with Crippen LogP contribution >= 0.6 is 22.7 Å². The summed E-state index contributed by atoms with van der Waals surface area (Å²) in [5, 5.41) is 15.8. The zero-order valence-corrected chi connectivity index (χ0v) is 16.9. The lowest BCUT2D eigenvalue weighted by Crippen LogP contribution is -2.16. The van der Waals surface area contributed by atoms with Crippen LogP contribution in [0, 0.1) is 17.1 Å². The molecule has 0 saturated heterocycles. The van der Waals surface area contributed by atoms with E-state index in [2.05, 4.69) is 5.32 Å². The van der Waals surface area contributed by atoms with Gasteiger partial charge in [-0.15, -0.1) is 22.7 Å². The molecule has 29 heavy (non-hydrogen) atoms. The van der Waals surface area contributed by atoms with Crippen molar-refractivity contribution < 1.29 is 18.7 Å². The van der Waals surface area contributed by atoms with Crippen molar-refractivity contribution in [1.82, 2.24) is 0 Å². The van der Waals surface area contributed by atoms with Crippen LogP contribution in [-0.2, 0) is 9.53 Å². The van der Waals surface area contributed by atoms with Crippen LogP contribution in [0.25, 0.3) is 17.2 Å². The van der Waals surface area contributed by atoms with E-state index < -0.39 is 17.7 Å². The Morgan fingerprint density at radius 1 is 1.24 bits per heavy atom. The lowest BCUT2D eigenvalue weighted by molar-refractivity contribution is -0.112. The van der Waals surface area contributed by atoms with Crippen molar-refractivity contribution in [1.29, 1.82) is 5.26 Å². The molecule has 0 saturated carbocycles. The number of benzene rings is 1. The van der Waals surface area contributed by atoms with E-state index in [0.29, 0.717) is 11.1 Å². The van der Waals surface area contributed by atoms with Crippen LogP contribution < -0.4 is 5.32 Å². The van der Waals surface area contributed by atoms with Gasteiger partial charge >= 0.3 is 5.97 Å². The van der Waals surface area contributed by atoms with Gasteiger partial charge in [0.1, 0.15) is 28.0 Å². The molecule has 5 nitrogen and oxygen atoms in total. The number of amides is 1. The number of nitrogens with zero attached hydrogens (tertiary/aromatic N) is 1. The van der Waals surface area contributed by atoms with E-state index in [-0.39, 0.29) is 22.7 Å². The predicted molar refractivity (Wildman–Crippen MR) is 112 cm³/mol. The second-order valence-corrected chi connectivity index (χ2v) is 7.58. The molecule has 1 aromatic carbocycles. The topological polar surface area (TPSA) is 79.2 Å². The number of nitriles is 1. The Bertz CT molecular complexity index is 1090. The van der Waals surface area contributed by atoms with Crippen molar-refractivity contribution >= 4 is 45.6 Å². The number of anilines is 1. The lowest BCUT2D eigenvalue weighted by atomic mass is 10.0. The monoisotopic (exact) mass is 426 g/mol. The first-order valence-electron chi connectivity index (χ1n) is 8.54. The molecule has 0 bridgehead atoms. The summed E-state index contributed by atoms with van der Waals surface area (Å²) in [6.45, 7) is 1.84. The third-order valence-electron chi connectivity index (χ3n) is 3.85. The van der Waals surface area contributed by atoms with Crippen LogP contribution in [0.2, 0.25) is 0 Å². The molecular formula is C21H15FN2O3S2. The number of hydrogen-bond acceptors (Lipinski definition) is 6. The SMILES string of the molecule is CCOC(=O)c1c(-c2ccc(F)cc2)csc1NC(=O)/C(C#N)=C/c1cccs1. The molecule has 1 N–H and O–H groups in total. The minimum absolute atomic E-state index is 0.0843. The van der Waals surface area contributed by atoms with Gasteiger partial charge < -0.3 is 10.1 Å². The number of esters is 1. The highest BCUT2D eigenvalue weighted by atomic mass is 32.1. The van der Waals surface area contributed by atoms with Crippen molar-refractivity contribution in [3.63, 3.8) is 0 Å². The van der Waals surface area contributed by atoms with Gasteiger partial charge in [0.05, 0.1) is 6.61 Å². The number of thiophene rings is 2. The summed E-state index contributed by atoms with van der Waals surface area (Å²) in [4.78, 5) is 25.9. The molecule has 2 aromatic heterocycles. The van der Waals surface area contributed by atoms with E-state index in [1.165, 1.54) is 29.5 Å². The summed E-state index contributed by atoms with van der Waals surface area (Å²) in [6.07, 6.45) is 1.48. The summed E-state index contributed by atoms with van der Waals surface area (Å²) >= 11 is 2.53. The summed E-state index contributed by atoms with van der Waals surface area (Å²) in [7, 11) is 0. The fourth-order valence-corrected chi connectivity index (χ4v) is 4.14. The summed E-state index contributed by atoms with van der Waals surface area (Å²) in [5.41, 5.74) is 1.22. The summed E-state index contributed by atoms with van der Waals surface area (Å²) in [5.74, 6) is -1.63. The average Bonchev–Trinajstić information content (AvgIpc) is 3.36. The van der Waals surface area contributed by atoms with E-state index in [4.69, 9.17) is 4.74 Å². The largest absolute Gasteiger partial charge is 0.462 e. The fraction of sp³-hybridized carbons (Fsp3) is 0.0952. The van der Waals surface area contributed by atoms with Crippen LogP contribution in [0.15, 0.2) is 52.7 Å². The zero-order chi connectivity index (χ0) is 20.8. The average molecular weight is 426 g/mol. The minimum Gasteiger partial charge on any atom is -0.462 e. The van der Waals surface area contributed by atoms with E-state index in [0.717, 1.165) is 16.2 Å². The second-order valence-electron chi connectivity index (χ2n) is 5.72. The third-order valence-corrected chi connectivity index (χ3v) is 5.56. The van der Waals surface area contributed by atoms with Crippen molar-refractivity contribution in [3.8, 4) is 17.2 Å². The van der Waals surface area contributed by atoms with Crippen molar-refractivity contribution in [2.45, 2.75) is 6.92 Å². The van der Waals surface area contributed by atoms with Gasteiger partial charge in [-0.3, -0.25) is 4.79 Å². The molecule has 3 aromatic rings. The first-order valence-corrected chi connectivity index (χ1v) is 10.3. The van der Waals surface area contributed by atoms with Crippen molar-refractivity contribution in [3.05, 3.63) is 69.0 Å². The number of ether oxygens (including phenoxy) is 1. The van der Waals surface area contributed by atoms with Gasteiger partial charge in [0.25, 0.3) is 5.91 Å². The standard InChI is InChI=1S/C21H15FN2O3S2/c1-2-27-21(26)18-17(13-5-7-15(22)8-6-13)12-29-20(18)24-19(25)14(11-23)10-16-4-3-9-28-16/h3-10,12H,2H2,1H3,(H,24,25)/b14-10+. The third kappa shape index (κ3) is 4.77. The van der Waals surface area contributed by atoms with Gasteiger partial charge in [0, 0.05) is 15.8 Å². The highest BCUT2D eigenvalue weighted by Crippen LogP contribution is 2.36. The quantitative estimate of drug-likeness (QED) is 0.328. The predicted octanol–water partition coefficient (Wildman–Crippen LogP) is 5.34. The van der Waals surface area contributed by atoms with Gasteiger partial charge in [0.15, 0.2) is 0 Å². The van der Waals surface area contributed by atoms with Crippen molar-refractivity contribution in [2.75, 3.05) is 11.9 Å². The molecule has 146 valence electrons. The van der Waals surface area contributed by atoms with Crippen LogP contribution in [0.4, 0.5) is 9.39 Å². The number of halogens is 1. The molecule has 0 atom stereocenters. The Morgan fingerprint density at radius 3 is 2.62 bits per heavy atom. The van der Waals surface area contributed by atoms with Crippen molar-refractivity contribution in [2.24, 2.45) is 0 Å². The molecule has 0 spiro atoms. The molecule has 0 radical (unpaired) electrons. The normalized spacial score (nSPS) is 11.0.